The van der Waals surface area contributed by atoms with Crippen LogP contribution in [0, 0.1) is 0 Å². The van der Waals surface area contributed by atoms with E-state index in [-0.39, 0.29) is 6.04 Å². The van der Waals surface area contributed by atoms with Crippen LogP contribution in [-0.4, -0.2) is 58.6 Å². The van der Waals surface area contributed by atoms with Crippen molar-refractivity contribution in [2.45, 2.75) is 26.3 Å². The minimum atomic E-state index is -3.31. The van der Waals surface area contributed by atoms with E-state index in [4.69, 9.17) is 0 Å². The Bertz CT molecular complexity index is 299. The fourth-order valence-corrected chi connectivity index (χ4v) is 2.91. The van der Waals surface area contributed by atoms with Crippen LogP contribution in [0.25, 0.3) is 0 Å². The molecule has 6 nitrogen and oxygen atoms in total. The molecule has 0 aromatic heterocycles. The lowest BCUT2D eigenvalue weighted by Gasteiger charge is -2.27. The fourth-order valence-electron chi connectivity index (χ4n) is 1.80. The van der Waals surface area contributed by atoms with Gasteiger partial charge in [0.1, 0.15) is 0 Å². The van der Waals surface area contributed by atoms with Gasteiger partial charge in [-0.25, -0.2) is 4.72 Å². The van der Waals surface area contributed by atoms with Gasteiger partial charge in [0.15, 0.2) is 0 Å². The molecule has 0 aromatic rings. The van der Waals surface area contributed by atoms with Gasteiger partial charge in [-0.3, -0.25) is 0 Å². The highest BCUT2D eigenvalue weighted by molar-refractivity contribution is 7.87. The lowest BCUT2D eigenvalue weighted by atomic mass is 10.3. The van der Waals surface area contributed by atoms with Gasteiger partial charge < -0.3 is 10.2 Å². The number of nitrogens with one attached hydrogen (secondary N) is 3. The van der Waals surface area contributed by atoms with Crippen LogP contribution in [0.4, 0.5) is 0 Å². The van der Waals surface area contributed by atoms with Crippen molar-refractivity contribution in [1.29, 1.82) is 0 Å². The summed E-state index contributed by atoms with van der Waals surface area (Å²) in [5, 5.41) is 3.29. The Morgan fingerprint density at radius 2 is 1.94 bits per heavy atom. The molecule has 1 rings (SSSR count). The van der Waals surface area contributed by atoms with Crippen molar-refractivity contribution in [3.63, 3.8) is 0 Å². The number of rotatable bonds is 7. The van der Waals surface area contributed by atoms with Crippen molar-refractivity contribution in [3.8, 4) is 0 Å². The van der Waals surface area contributed by atoms with Crippen molar-refractivity contribution in [2.75, 3.05) is 39.3 Å². The van der Waals surface area contributed by atoms with Crippen molar-refractivity contribution in [1.82, 2.24) is 19.7 Å². The Labute approximate surface area is 104 Å². The molecule has 0 amide bonds. The molecule has 1 heterocycles. The van der Waals surface area contributed by atoms with Crippen molar-refractivity contribution < 1.29 is 8.42 Å². The van der Waals surface area contributed by atoms with Gasteiger partial charge in [0.05, 0.1) is 0 Å². The molecule has 0 spiro atoms. The molecular formula is C10H24N4O2S. The van der Waals surface area contributed by atoms with Crippen molar-refractivity contribution in [3.05, 3.63) is 0 Å². The van der Waals surface area contributed by atoms with Crippen LogP contribution in [-0.2, 0) is 10.2 Å². The molecule has 0 aliphatic carbocycles. The zero-order valence-corrected chi connectivity index (χ0v) is 11.5. The van der Waals surface area contributed by atoms with Crippen LogP contribution in [0.5, 0.6) is 0 Å². The lowest BCUT2D eigenvalue weighted by Crippen LogP contribution is -2.45. The van der Waals surface area contributed by atoms with Crippen LogP contribution in [0.2, 0.25) is 0 Å². The molecular weight excluding hydrogens is 240 g/mol. The topological polar surface area (TPSA) is 73.5 Å². The van der Waals surface area contributed by atoms with Gasteiger partial charge in [0, 0.05) is 38.8 Å². The van der Waals surface area contributed by atoms with Crippen LogP contribution < -0.4 is 14.8 Å². The van der Waals surface area contributed by atoms with Crippen molar-refractivity contribution in [2.24, 2.45) is 0 Å². The quantitative estimate of drug-likeness (QED) is 0.522. The maximum atomic E-state index is 11.4. The molecule has 0 saturated carbocycles. The molecule has 1 fully saturated rings. The summed E-state index contributed by atoms with van der Waals surface area (Å²) in [6, 6.07) is -0.0688. The van der Waals surface area contributed by atoms with E-state index in [1.54, 1.807) is 13.8 Å². The molecule has 0 bridgehead atoms. The molecule has 1 aliphatic heterocycles. The Kier molecular flexibility index (Phi) is 6.35. The summed E-state index contributed by atoms with van der Waals surface area (Å²) in [5.74, 6) is 0. The van der Waals surface area contributed by atoms with Crippen LogP contribution >= 0.6 is 0 Å². The van der Waals surface area contributed by atoms with E-state index in [1.807, 2.05) is 0 Å². The summed E-state index contributed by atoms with van der Waals surface area (Å²) in [7, 11) is -3.31. The fraction of sp³-hybridized carbons (Fsp3) is 1.00. The zero-order valence-electron chi connectivity index (χ0n) is 10.7. The van der Waals surface area contributed by atoms with Gasteiger partial charge in [-0.05, 0) is 26.8 Å². The molecule has 0 unspecified atom stereocenters. The molecule has 102 valence electrons. The summed E-state index contributed by atoms with van der Waals surface area (Å²) in [4.78, 5) is 2.35. The third-order valence-electron chi connectivity index (χ3n) is 2.54. The summed E-state index contributed by atoms with van der Waals surface area (Å²) >= 11 is 0. The second-order valence-electron chi connectivity index (χ2n) is 4.62. The van der Waals surface area contributed by atoms with Crippen LogP contribution in [0.15, 0.2) is 0 Å². The average molecular weight is 264 g/mol. The first-order valence-corrected chi connectivity index (χ1v) is 7.68. The summed E-state index contributed by atoms with van der Waals surface area (Å²) in [5.41, 5.74) is 0. The second kappa shape index (κ2) is 7.27. The highest BCUT2D eigenvalue weighted by atomic mass is 32.2. The van der Waals surface area contributed by atoms with E-state index >= 15 is 0 Å². The Morgan fingerprint density at radius 1 is 1.29 bits per heavy atom. The molecule has 0 radical (unpaired) electrons. The highest BCUT2D eigenvalue weighted by Gasteiger charge is 2.11. The average Bonchev–Trinajstić information content (AvgIpc) is 2.24. The predicted molar refractivity (Wildman–Crippen MR) is 69.1 cm³/mol. The van der Waals surface area contributed by atoms with E-state index in [2.05, 4.69) is 19.7 Å². The smallest absolute Gasteiger partial charge is 0.277 e. The summed E-state index contributed by atoms with van der Waals surface area (Å²) in [6.45, 7) is 9.22. The first-order chi connectivity index (χ1) is 7.99. The maximum absolute atomic E-state index is 11.4. The monoisotopic (exact) mass is 264 g/mol. The minimum absolute atomic E-state index is 0.0688. The SMILES string of the molecule is CC(C)NS(=O)(=O)NCCCN1CCNCC1. The standard InChI is InChI=1S/C10H24N4O2S/c1-10(2)13-17(15,16)12-4-3-7-14-8-5-11-6-9-14/h10-13H,3-9H2,1-2H3. The van der Waals surface area contributed by atoms with Gasteiger partial charge in [0.25, 0.3) is 10.2 Å². The number of nitrogens with zero attached hydrogens (tertiary/aromatic N) is 1. The van der Waals surface area contributed by atoms with Gasteiger partial charge in [-0.2, -0.15) is 13.1 Å². The van der Waals surface area contributed by atoms with E-state index < -0.39 is 10.2 Å². The number of hydrogen-bond acceptors (Lipinski definition) is 4. The molecule has 1 aliphatic rings. The maximum Gasteiger partial charge on any atom is 0.277 e. The van der Waals surface area contributed by atoms with Gasteiger partial charge in [-0.15, -0.1) is 0 Å². The molecule has 3 N–H and O–H groups in total. The first kappa shape index (κ1) is 14.8. The van der Waals surface area contributed by atoms with Gasteiger partial charge in [-0.1, -0.05) is 0 Å². The Hall–Kier alpha value is -0.210. The molecule has 0 atom stereocenters. The Morgan fingerprint density at radius 3 is 2.53 bits per heavy atom. The van der Waals surface area contributed by atoms with E-state index in [0.717, 1.165) is 39.1 Å². The normalized spacial score (nSPS) is 18.8. The summed E-state index contributed by atoms with van der Waals surface area (Å²) in [6.07, 6.45) is 0.846. The molecule has 0 aromatic carbocycles. The third kappa shape index (κ3) is 6.95. The summed E-state index contributed by atoms with van der Waals surface area (Å²) < 4.78 is 27.9. The van der Waals surface area contributed by atoms with Crippen LogP contribution in [0.1, 0.15) is 20.3 Å². The largest absolute Gasteiger partial charge is 0.314 e. The Balaban J connectivity index is 2.10. The van der Waals surface area contributed by atoms with Gasteiger partial charge >= 0.3 is 0 Å². The number of hydrogen-bond donors (Lipinski definition) is 3. The number of piperazine rings is 1. The zero-order chi connectivity index (χ0) is 12.7. The van der Waals surface area contributed by atoms with Gasteiger partial charge in [0.2, 0.25) is 0 Å². The minimum Gasteiger partial charge on any atom is -0.314 e. The molecule has 17 heavy (non-hydrogen) atoms. The lowest BCUT2D eigenvalue weighted by molar-refractivity contribution is 0.239. The molecule has 1 saturated heterocycles. The van der Waals surface area contributed by atoms with Crippen molar-refractivity contribution >= 4 is 10.2 Å². The van der Waals surface area contributed by atoms with Crippen LogP contribution in [0.3, 0.4) is 0 Å². The predicted octanol–water partition coefficient (Wildman–Crippen LogP) is -0.886. The second-order valence-corrected chi connectivity index (χ2v) is 6.15. The first-order valence-electron chi connectivity index (χ1n) is 6.19. The van der Waals surface area contributed by atoms with E-state index in [9.17, 15) is 8.42 Å². The highest BCUT2D eigenvalue weighted by Crippen LogP contribution is 1.94. The van der Waals surface area contributed by atoms with E-state index in [0.29, 0.717) is 6.54 Å². The molecule has 7 heteroatoms. The third-order valence-corrected chi connectivity index (χ3v) is 3.91. The van der Waals surface area contributed by atoms with E-state index in [1.165, 1.54) is 0 Å².